The summed E-state index contributed by atoms with van der Waals surface area (Å²) in [6, 6.07) is 13.0. The molecule has 0 bridgehead atoms. The lowest BCUT2D eigenvalue weighted by molar-refractivity contribution is -0.141. The molecule has 1 fully saturated rings. The molecule has 0 radical (unpaired) electrons. The van der Waals surface area contributed by atoms with Crippen LogP contribution in [0.25, 0.3) is 0 Å². The summed E-state index contributed by atoms with van der Waals surface area (Å²) in [5.74, 6) is -4.12. The quantitative estimate of drug-likeness (QED) is 0.360. The van der Waals surface area contributed by atoms with E-state index >= 15 is 0 Å². The first-order valence-corrected chi connectivity index (χ1v) is 7.62. The van der Waals surface area contributed by atoms with Gasteiger partial charge in [-0.05, 0) is 12.1 Å². The molecule has 130 valence electrons. The molecule has 0 aliphatic carbocycles. The number of rotatable bonds is 5. The van der Waals surface area contributed by atoms with Crippen molar-refractivity contribution < 1.29 is 24.0 Å². The molecule has 5 amide bonds. The average molecular weight is 351 g/mol. The number of hydrogen-bond donors (Lipinski definition) is 2. The smallest absolute Gasteiger partial charge is 0.324 e. The molecule has 0 spiro atoms. The third-order valence-corrected chi connectivity index (χ3v) is 3.71. The normalized spacial score (nSPS) is 14.8. The number of hydrogen-bond acceptors (Lipinski definition) is 5. The fourth-order valence-corrected chi connectivity index (χ4v) is 2.49. The van der Waals surface area contributed by atoms with Crippen molar-refractivity contribution in [1.82, 2.24) is 10.2 Å². The van der Waals surface area contributed by atoms with Crippen LogP contribution in [-0.2, 0) is 14.4 Å². The molecule has 8 heteroatoms. The van der Waals surface area contributed by atoms with Crippen molar-refractivity contribution in [3.63, 3.8) is 0 Å². The number of Topliss-reactive ketones (excluding diaryl/α,β-unsaturated/α-hetero) is 1. The van der Waals surface area contributed by atoms with Crippen LogP contribution in [0.1, 0.15) is 10.4 Å². The fraction of sp³-hybridized carbons (Fsp3) is 0.0556. The van der Waals surface area contributed by atoms with E-state index in [1.54, 1.807) is 53.8 Å². The number of imide groups is 2. The van der Waals surface area contributed by atoms with Gasteiger partial charge in [-0.2, -0.15) is 0 Å². The number of urea groups is 1. The van der Waals surface area contributed by atoms with Crippen molar-refractivity contribution in [3.8, 4) is 0 Å². The van der Waals surface area contributed by atoms with Gasteiger partial charge in [-0.3, -0.25) is 24.5 Å². The third kappa shape index (κ3) is 3.20. The number of benzene rings is 2. The first kappa shape index (κ1) is 17.0. The molecule has 2 N–H and O–H groups in total. The van der Waals surface area contributed by atoms with Crippen LogP contribution in [0, 0.1) is 0 Å². The SMILES string of the molecule is O=C1NC(=O)N(C(C(=O)Nc2ccccc2)C(=O)c2ccccc2)C1=O. The van der Waals surface area contributed by atoms with E-state index in [0.717, 1.165) is 0 Å². The van der Waals surface area contributed by atoms with Gasteiger partial charge in [0.1, 0.15) is 0 Å². The zero-order valence-corrected chi connectivity index (χ0v) is 13.3. The molecule has 8 nitrogen and oxygen atoms in total. The van der Waals surface area contributed by atoms with Gasteiger partial charge in [0, 0.05) is 11.3 Å². The Morgan fingerprint density at radius 2 is 1.46 bits per heavy atom. The summed E-state index contributed by atoms with van der Waals surface area (Å²) in [6.07, 6.45) is 0. The molecule has 0 saturated carbocycles. The monoisotopic (exact) mass is 351 g/mol. The molecule has 1 atom stereocenters. The second kappa shape index (κ2) is 6.98. The molecule has 1 aliphatic rings. The van der Waals surface area contributed by atoms with E-state index in [-0.39, 0.29) is 5.56 Å². The summed E-state index contributed by atoms with van der Waals surface area (Å²) >= 11 is 0. The molecule has 1 unspecified atom stereocenters. The van der Waals surface area contributed by atoms with Gasteiger partial charge in [0.2, 0.25) is 0 Å². The predicted molar refractivity (Wildman–Crippen MR) is 90.0 cm³/mol. The molecule has 3 rings (SSSR count). The van der Waals surface area contributed by atoms with Crippen molar-refractivity contribution in [3.05, 3.63) is 66.2 Å². The fourth-order valence-electron chi connectivity index (χ4n) is 2.49. The summed E-state index contributed by atoms with van der Waals surface area (Å²) in [5.41, 5.74) is 0.502. The van der Waals surface area contributed by atoms with Gasteiger partial charge in [-0.25, -0.2) is 9.69 Å². The number of carbonyl (C=O) groups is 5. The topological polar surface area (TPSA) is 113 Å². The molecule has 2 aromatic carbocycles. The zero-order chi connectivity index (χ0) is 18.7. The Labute approximate surface area is 147 Å². The maximum atomic E-state index is 12.8. The van der Waals surface area contributed by atoms with E-state index in [0.29, 0.717) is 10.6 Å². The molecular formula is C18H13N3O5. The summed E-state index contributed by atoms with van der Waals surface area (Å²) in [7, 11) is 0. The maximum absolute atomic E-state index is 12.8. The first-order chi connectivity index (χ1) is 12.5. The lowest BCUT2D eigenvalue weighted by atomic mass is 10.0. The molecule has 2 aromatic rings. The Hall–Kier alpha value is -3.81. The molecule has 26 heavy (non-hydrogen) atoms. The Kier molecular flexibility index (Phi) is 4.57. The van der Waals surface area contributed by atoms with E-state index in [1.807, 2.05) is 0 Å². The van der Waals surface area contributed by atoms with Crippen LogP contribution in [0.3, 0.4) is 0 Å². The first-order valence-electron chi connectivity index (χ1n) is 7.62. The van der Waals surface area contributed by atoms with Gasteiger partial charge in [-0.15, -0.1) is 0 Å². The van der Waals surface area contributed by atoms with Crippen LogP contribution in [0.15, 0.2) is 60.7 Å². The van der Waals surface area contributed by atoms with Gasteiger partial charge in [0.15, 0.2) is 11.8 Å². The molecular weight excluding hydrogens is 338 g/mol. The standard InChI is InChI=1S/C18H13N3O5/c22-14(11-7-3-1-4-8-11)13(21-17(25)16(24)20-18(21)26)15(23)19-12-9-5-2-6-10-12/h1-10,13H,(H,19,23)(H,20,24,26). The highest BCUT2D eigenvalue weighted by atomic mass is 16.2. The average Bonchev–Trinajstić information content (AvgIpc) is 2.90. The number of carbonyl (C=O) groups excluding carboxylic acids is 5. The Bertz CT molecular complexity index is 896. The summed E-state index contributed by atoms with van der Waals surface area (Å²) in [6.45, 7) is 0. The van der Waals surface area contributed by atoms with Crippen molar-refractivity contribution in [2.24, 2.45) is 0 Å². The van der Waals surface area contributed by atoms with Gasteiger partial charge >= 0.3 is 17.8 Å². The Morgan fingerprint density at radius 3 is 2.00 bits per heavy atom. The zero-order valence-electron chi connectivity index (χ0n) is 13.3. The number of nitrogens with one attached hydrogen (secondary N) is 2. The second-order valence-corrected chi connectivity index (χ2v) is 5.42. The highest BCUT2D eigenvalue weighted by Gasteiger charge is 2.47. The van der Waals surface area contributed by atoms with Crippen LogP contribution >= 0.6 is 0 Å². The van der Waals surface area contributed by atoms with E-state index < -0.39 is 35.6 Å². The van der Waals surface area contributed by atoms with Crippen molar-refractivity contribution in [2.75, 3.05) is 5.32 Å². The van der Waals surface area contributed by atoms with E-state index in [2.05, 4.69) is 5.32 Å². The van der Waals surface area contributed by atoms with E-state index in [1.165, 1.54) is 12.1 Å². The van der Waals surface area contributed by atoms with Crippen LogP contribution in [0.5, 0.6) is 0 Å². The maximum Gasteiger partial charge on any atom is 0.332 e. The predicted octanol–water partition coefficient (Wildman–Crippen LogP) is 0.955. The minimum absolute atomic E-state index is 0.126. The lowest BCUT2D eigenvalue weighted by Gasteiger charge is -2.22. The van der Waals surface area contributed by atoms with Crippen molar-refractivity contribution in [2.45, 2.75) is 6.04 Å². The molecule has 0 aromatic heterocycles. The molecule has 1 saturated heterocycles. The van der Waals surface area contributed by atoms with Crippen molar-refractivity contribution in [1.29, 1.82) is 0 Å². The van der Waals surface area contributed by atoms with E-state index in [4.69, 9.17) is 0 Å². The molecule has 1 heterocycles. The van der Waals surface area contributed by atoms with Crippen LogP contribution in [0.4, 0.5) is 10.5 Å². The number of anilines is 1. The summed E-state index contributed by atoms with van der Waals surface area (Å²) in [5, 5.41) is 4.27. The minimum atomic E-state index is -1.81. The van der Waals surface area contributed by atoms with Gasteiger partial charge in [0.25, 0.3) is 5.91 Å². The lowest BCUT2D eigenvalue weighted by Crippen LogP contribution is -2.52. The minimum Gasteiger partial charge on any atom is -0.324 e. The van der Waals surface area contributed by atoms with Crippen LogP contribution in [-0.4, -0.2) is 40.5 Å². The number of para-hydroxylation sites is 1. The Balaban J connectivity index is 1.97. The summed E-state index contributed by atoms with van der Waals surface area (Å²) < 4.78 is 0. The Morgan fingerprint density at radius 1 is 0.885 bits per heavy atom. The second-order valence-electron chi connectivity index (χ2n) is 5.42. The highest BCUT2D eigenvalue weighted by molar-refractivity contribution is 6.46. The number of nitrogens with zero attached hydrogens (tertiary/aromatic N) is 1. The van der Waals surface area contributed by atoms with Gasteiger partial charge < -0.3 is 5.32 Å². The highest BCUT2D eigenvalue weighted by Crippen LogP contribution is 2.16. The summed E-state index contributed by atoms with van der Waals surface area (Å²) in [4.78, 5) is 61.3. The third-order valence-electron chi connectivity index (χ3n) is 3.71. The molecule has 1 aliphatic heterocycles. The van der Waals surface area contributed by atoms with Crippen LogP contribution < -0.4 is 10.6 Å². The van der Waals surface area contributed by atoms with Crippen LogP contribution in [0.2, 0.25) is 0 Å². The number of amides is 5. The largest absolute Gasteiger partial charge is 0.332 e. The van der Waals surface area contributed by atoms with Gasteiger partial charge in [-0.1, -0.05) is 48.5 Å². The van der Waals surface area contributed by atoms with E-state index in [9.17, 15) is 24.0 Å². The van der Waals surface area contributed by atoms with Crippen molar-refractivity contribution >= 4 is 35.2 Å². The van der Waals surface area contributed by atoms with Gasteiger partial charge in [0.05, 0.1) is 0 Å². The number of ketones is 1.